The molecule has 0 aliphatic carbocycles. The SMILES string of the molecule is C=CCCCN(C)C(=NCCS(=O)(=O)c1ccc(Br)cc1)NCC.I. The zero-order chi connectivity index (χ0) is 18.0. The number of unbranched alkanes of at least 4 members (excludes halogenated alkanes) is 1. The summed E-state index contributed by atoms with van der Waals surface area (Å²) in [5, 5.41) is 3.19. The Bertz CT molecular complexity index is 648. The van der Waals surface area contributed by atoms with Crippen LogP contribution in [0.25, 0.3) is 0 Å². The van der Waals surface area contributed by atoms with Crippen LogP contribution >= 0.6 is 39.9 Å². The molecule has 25 heavy (non-hydrogen) atoms. The highest BCUT2D eigenvalue weighted by molar-refractivity contribution is 14.0. The molecule has 1 rings (SSSR count). The van der Waals surface area contributed by atoms with E-state index in [0.717, 1.165) is 36.4 Å². The summed E-state index contributed by atoms with van der Waals surface area (Å²) in [6.45, 7) is 7.52. The minimum atomic E-state index is -3.32. The van der Waals surface area contributed by atoms with Crippen LogP contribution in [0.3, 0.4) is 0 Å². The van der Waals surface area contributed by atoms with E-state index in [1.807, 2.05) is 24.9 Å². The van der Waals surface area contributed by atoms with Crippen LogP contribution < -0.4 is 5.32 Å². The fourth-order valence-corrected chi connectivity index (χ4v) is 3.46. The van der Waals surface area contributed by atoms with Gasteiger partial charge in [0, 0.05) is 24.6 Å². The van der Waals surface area contributed by atoms with E-state index in [1.54, 1.807) is 24.3 Å². The summed E-state index contributed by atoms with van der Waals surface area (Å²) in [5.74, 6) is 0.719. The maximum Gasteiger partial charge on any atom is 0.193 e. The normalized spacial score (nSPS) is 11.6. The molecule has 0 heterocycles. The molecule has 1 aromatic carbocycles. The molecule has 142 valence electrons. The first-order valence-electron chi connectivity index (χ1n) is 7.99. The minimum absolute atomic E-state index is 0. The monoisotopic (exact) mass is 543 g/mol. The van der Waals surface area contributed by atoms with Gasteiger partial charge in [0.05, 0.1) is 17.2 Å². The number of guanidine groups is 1. The average molecular weight is 544 g/mol. The number of hydrogen-bond donors (Lipinski definition) is 1. The van der Waals surface area contributed by atoms with E-state index in [1.165, 1.54) is 0 Å². The van der Waals surface area contributed by atoms with Crippen molar-refractivity contribution in [3.05, 3.63) is 41.4 Å². The van der Waals surface area contributed by atoms with Crippen LogP contribution in [0.5, 0.6) is 0 Å². The molecule has 0 aliphatic rings. The molecule has 1 aromatic rings. The molecule has 0 saturated carbocycles. The van der Waals surface area contributed by atoms with Gasteiger partial charge in [0.1, 0.15) is 0 Å². The second-order valence-corrected chi connectivity index (χ2v) is 8.39. The van der Waals surface area contributed by atoms with Crippen molar-refractivity contribution in [3.8, 4) is 0 Å². The first-order valence-corrected chi connectivity index (χ1v) is 10.4. The van der Waals surface area contributed by atoms with Crippen molar-refractivity contribution in [1.82, 2.24) is 10.2 Å². The average Bonchev–Trinajstić information content (AvgIpc) is 2.54. The molecule has 0 aliphatic heterocycles. The van der Waals surface area contributed by atoms with Crippen LogP contribution in [0, 0.1) is 0 Å². The summed E-state index contributed by atoms with van der Waals surface area (Å²) >= 11 is 3.31. The Balaban J connectivity index is 0.00000576. The summed E-state index contributed by atoms with van der Waals surface area (Å²) in [6, 6.07) is 6.67. The van der Waals surface area contributed by atoms with Gasteiger partial charge in [-0.15, -0.1) is 30.6 Å². The van der Waals surface area contributed by atoms with Crippen LogP contribution in [-0.2, 0) is 9.84 Å². The number of hydrogen-bond acceptors (Lipinski definition) is 3. The van der Waals surface area contributed by atoms with Gasteiger partial charge in [-0.25, -0.2) is 8.42 Å². The Kier molecular flexibility index (Phi) is 12.4. The lowest BCUT2D eigenvalue weighted by atomic mass is 10.3. The molecule has 0 amide bonds. The zero-order valence-corrected chi connectivity index (χ0v) is 19.5. The van der Waals surface area contributed by atoms with Crippen LogP contribution in [0.1, 0.15) is 19.8 Å². The van der Waals surface area contributed by atoms with E-state index in [0.29, 0.717) is 4.90 Å². The maximum absolute atomic E-state index is 12.3. The van der Waals surface area contributed by atoms with Crippen LogP contribution in [0.15, 0.2) is 51.3 Å². The first-order chi connectivity index (χ1) is 11.4. The van der Waals surface area contributed by atoms with Crippen molar-refractivity contribution in [2.45, 2.75) is 24.7 Å². The lowest BCUT2D eigenvalue weighted by molar-refractivity contribution is 0.470. The Labute approximate surface area is 177 Å². The highest BCUT2D eigenvalue weighted by Crippen LogP contribution is 2.15. The number of nitrogens with zero attached hydrogens (tertiary/aromatic N) is 2. The smallest absolute Gasteiger partial charge is 0.193 e. The molecular weight excluding hydrogens is 517 g/mol. The van der Waals surface area contributed by atoms with E-state index in [2.05, 4.69) is 32.8 Å². The van der Waals surface area contributed by atoms with Gasteiger partial charge < -0.3 is 10.2 Å². The largest absolute Gasteiger partial charge is 0.357 e. The molecule has 1 N–H and O–H groups in total. The van der Waals surface area contributed by atoms with Gasteiger partial charge in [-0.1, -0.05) is 22.0 Å². The van der Waals surface area contributed by atoms with Crippen molar-refractivity contribution in [2.75, 3.05) is 32.4 Å². The van der Waals surface area contributed by atoms with Gasteiger partial charge in [-0.3, -0.25) is 4.99 Å². The van der Waals surface area contributed by atoms with E-state index in [-0.39, 0.29) is 36.3 Å². The number of nitrogens with one attached hydrogen (secondary N) is 1. The molecule has 0 radical (unpaired) electrons. The Hall–Kier alpha value is -0.610. The third-order valence-corrected chi connectivity index (χ3v) is 5.63. The number of sulfone groups is 1. The summed E-state index contributed by atoms with van der Waals surface area (Å²) in [5.41, 5.74) is 0. The van der Waals surface area contributed by atoms with E-state index in [9.17, 15) is 8.42 Å². The fraction of sp³-hybridized carbons (Fsp3) is 0.471. The Morgan fingerprint density at radius 2 is 2.00 bits per heavy atom. The fourth-order valence-electron chi connectivity index (χ4n) is 2.08. The highest BCUT2D eigenvalue weighted by atomic mass is 127. The summed E-state index contributed by atoms with van der Waals surface area (Å²) < 4.78 is 25.5. The van der Waals surface area contributed by atoms with E-state index in [4.69, 9.17) is 0 Å². The number of allylic oxidation sites excluding steroid dienone is 1. The second kappa shape index (κ2) is 12.7. The van der Waals surface area contributed by atoms with Crippen LogP contribution in [-0.4, -0.2) is 51.7 Å². The molecule has 5 nitrogen and oxygen atoms in total. The molecule has 0 atom stereocenters. The standard InChI is InChI=1S/C17H26BrN3O2S.HI/c1-4-6-7-13-21(3)17(19-5-2)20-12-14-24(22,23)16-10-8-15(18)9-11-16;/h4,8-11H,1,5-7,12-14H2,2-3H3,(H,19,20);1H. The molecule has 0 saturated heterocycles. The topological polar surface area (TPSA) is 61.8 Å². The predicted molar refractivity (Wildman–Crippen MR) is 120 cm³/mol. The molecule has 0 bridgehead atoms. The maximum atomic E-state index is 12.3. The molecule has 0 spiro atoms. The van der Waals surface area contributed by atoms with Crippen molar-refractivity contribution < 1.29 is 8.42 Å². The molecule has 8 heteroatoms. The second-order valence-electron chi connectivity index (χ2n) is 5.36. The Morgan fingerprint density at radius 1 is 1.36 bits per heavy atom. The number of halogens is 2. The van der Waals surface area contributed by atoms with Gasteiger partial charge in [-0.2, -0.15) is 0 Å². The zero-order valence-electron chi connectivity index (χ0n) is 14.7. The van der Waals surface area contributed by atoms with Crippen molar-refractivity contribution in [2.24, 2.45) is 4.99 Å². The van der Waals surface area contributed by atoms with Gasteiger partial charge in [0.25, 0.3) is 0 Å². The molecule has 0 unspecified atom stereocenters. The quantitative estimate of drug-likeness (QED) is 0.170. The Morgan fingerprint density at radius 3 is 2.56 bits per heavy atom. The molecular formula is C17H27BrIN3O2S. The van der Waals surface area contributed by atoms with Gasteiger partial charge in [-0.05, 0) is 44.0 Å². The van der Waals surface area contributed by atoms with Crippen molar-refractivity contribution >= 4 is 55.7 Å². The van der Waals surface area contributed by atoms with Gasteiger partial charge >= 0.3 is 0 Å². The summed E-state index contributed by atoms with van der Waals surface area (Å²) in [4.78, 5) is 6.78. The lowest BCUT2D eigenvalue weighted by Crippen LogP contribution is -2.39. The lowest BCUT2D eigenvalue weighted by Gasteiger charge is -2.21. The van der Waals surface area contributed by atoms with Crippen molar-refractivity contribution in [1.29, 1.82) is 0 Å². The first kappa shape index (κ1) is 24.4. The third kappa shape index (κ3) is 9.05. The predicted octanol–water partition coefficient (Wildman–Crippen LogP) is 3.70. The number of rotatable bonds is 9. The summed E-state index contributed by atoms with van der Waals surface area (Å²) in [7, 11) is -1.37. The van der Waals surface area contributed by atoms with E-state index >= 15 is 0 Å². The van der Waals surface area contributed by atoms with Gasteiger partial charge in [0.2, 0.25) is 0 Å². The highest BCUT2D eigenvalue weighted by Gasteiger charge is 2.14. The molecule has 0 fully saturated rings. The number of aliphatic imine (C=N–C) groups is 1. The van der Waals surface area contributed by atoms with Crippen molar-refractivity contribution in [3.63, 3.8) is 0 Å². The van der Waals surface area contributed by atoms with Gasteiger partial charge in [0.15, 0.2) is 15.8 Å². The minimum Gasteiger partial charge on any atom is -0.357 e. The third-order valence-electron chi connectivity index (χ3n) is 3.39. The molecule has 0 aromatic heterocycles. The van der Waals surface area contributed by atoms with Crippen LogP contribution in [0.2, 0.25) is 0 Å². The van der Waals surface area contributed by atoms with E-state index < -0.39 is 9.84 Å². The number of benzene rings is 1. The summed E-state index contributed by atoms with van der Waals surface area (Å²) in [6.07, 6.45) is 3.83. The van der Waals surface area contributed by atoms with Crippen LogP contribution in [0.4, 0.5) is 0 Å².